The second kappa shape index (κ2) is 5.84. The highest BCUT2D eigenvalue weighted by molar-refractivity contribution is 5.95. The van der Waals surface area contributed by atoms with Gasteiger partial charge < -0.3 is 5.32 Å². The maximum atomic E-state index is 11.5. The number of nitrogens with zero attached hydrogens (tertiary/aromatic N) is 1. The smallest absolute Gasteiger partial charge is 0.321 e. The maximum Gasteiger partial charge on any atom is 0.321 e. The van der Waals surface area contributed by atoms with Crippen molar-refractivity contribution in [1.82, 2.24) is 15.5 Å². The molecule has 0 aliphatic carbocycles. The molecule has 5 nitrogen and oxygen atoms in total. The number of likely N-dealkylation sites (tertiary alicyclic amines) is 1. The van der Waals surface area contributed by atoms with Crippen LogP contribution < -0.4 is 10.6 Å². The van der Waals surface area contributed by atoms with Crippen LogP contribution in [-0.4, -0.2) is 43.5 Å². The summed E-state index contributed by atoms with van der Waals surface area (Å²) in [4.78, 5) is 24.5. The van der Waals surface area contributed by atoms with Gasteiger partial charge in [0.25, 0.3) is 0 Å². The van der Waals surface area contributed by atoms with E-state index in [1.807, 2.05) is 0 Å². The van der Waals surface area contributed by atoms with Crippen molar-refractivity contribution in [3.8, 4) is 0 Å². The van der Waals surface area contributed by atoms with E-state index in [1.54, 1.807) is 0 Å². The number of carbonyl (C=O) groups is 2. The molecular weight excluding hydrogens is 206 g/mol. The van der Waals surface area contributed by atoms with Gasteiger partial charge in [-0.05, 0) is 18.3 Å². The predicted molar refractivity (Wildman–Crippen MR) is 62.0 cm³/mol. The van der Waals surface area contributed by atoms with Crippen LogP contribution >= 0.6 is 0 Å². The average Bonchev–Trinajstić information content (AvgIpc) is 2.15. The minimum Gasteiger partial charge on any atom is -0.341 e. The summed E-state index contributed by atoms with van der Waals surface area (Å²) in [5.74, 6) is 1.01. The topological polar surface area (TPSA) is 61.4 Å². The fourth-order valence-corrected chi connectivity index (χ4v) is 2.35. The number of piperidine rings is 1. The van der Waals surface area contributed by atoms with Crippen LogP contribution in [0, 0.1) is 11.8 Å². The Labute approximate surface area is 96.6 Å². The highest BCUT2D eigenvalue weighted by Gasteiger charge is 2.23. The summed E-state index contributed by atoms with van der Waals surface area (Å²) in [7, 11) is 1.49. The number of nitrogens with one attached hydrogen (secondary N) is 2. The van der Waals surface area contributed by atoms with Crippen LogP contribution in [0.2, 0.25) is 0 Å². The zero-order valence-electron chi connectivity index (χ0n) is 10.2. The lowest BCUT2D eigenvalue weighted by molar-refractivity contribution is -0.121. The standard InChI is InChI=1S/C11H21N3O2/c1-8-4-9(2)6-14(5-8)7-10(15)13-11(16)12-3/h8-9H,4-7H2,1-3H3,(H2,12,13,15,16). The quantitative estimate of drug-likeness (QED) is 0.718. The molecule has 0 aromatic carbocycles. The Bertz CT molecular complexity index is 258. The molecule has 1 fully saturated rings. The van der Waals surface area contributed by atoms with Gasteiger partial charge in [-0.15, -0.1) is 0 Å². The number of carbonyl (C=O) groups excluding carboxylic acids is 2. The summed E-state index contributed by atoms with van der Waals surface area (Å²) in [5, 5.41) is 4.64. The summed E-state index contributed by atoms with van der Waals surface area (Å²) < 4.78 is 0. The van der Waals surface area contributed by atoms with Crippen molar-refractivity contribution in [3.63, 3.8) is 0 Å². The average molecular weight is 227 g/mol. The summed E-state index contributed by atoms with van der Waals surface area (Å²) in [5.41, 5.74) is 0. The molecule has 2 N–H and O–H groups in total. The summed E-state index contributed by atoms with van der Waals surface area (Å²) in [6, 6.07) is -0.442. The number of rotatable bonds is 2. The largest absolute Gasteiger partial charge is 0.341 e. The highest BCUT2D eigenvalue weighted by atomic mass is 16.2. The third-order valence-corrected chi connectivity index (χ3v) is 2.79. The SMILES string of the molecule is CNC(=O)NC(=O)CN1CC(C)CC(C)C1. The van der Waals surface area contributed by atoms with Crippen molar-refractivity contribution in [2.45, 2.75) is 20.3 Å². The van der Waals surface area contributed by atoms with E-state index in [0.29, 0.717) is 18.4 Å². The maximum absolute atomic E-state index is 11.5. The van der Waals surface area contributed by atoms with Crippen molar-refractivity contribution in [1.29, 1.82) is 0 Å². The van der Waals surface area contributed by atoms with Gasteiger partial charge in [-0.3, -0.25) is 15.0 Å². The van der Waals surface area contributed by atoms with Crippen molar-refractivity contribution >= 4 is 11.9 Å². The van der Waals surface area contributed by atoms with Crippen LogP contribution in [0.15, 0.2) is 0 Å². The molecule has 1 saturated heterocycles. The lowest BCUT2D eigenvalue weighted by Gasteiger charge is -2.34. The molecule has 3 amide bonds. The Kier molecular flexibility index (Phi) is 4.73. The molecule has 0 radical (unpaired) electrons. The lowest BCUT2D eigenvalue weighted by Crippen LogP contribution is -2.47. The van der Waals surface area contributed by atoms with Crippen LogP contribution in [0.4, 0.5) is 4.79 Å². The van der Waals surface area contributed by atoms with E-state index in [9.17, 15) is 9.59 Å². The number of amides is 3. The molecule has 1 aliphatic rings. The molecule has 0 bridgehead atoms. The van der Waals surface area contributed by atoms with Crippen LogP contribution in [0.25, 0.3) is 0 Å². The van der Waals surface area contributed by atoms with Gasteiger partial charge in [-0.25, -0.2) is 4.79 Å². The zero-order chi connectivity index (χ0) is 12.1. The van der Waals surface area contributed by atoms with Crippen LogP contribution in [-0.2, 0) is 4.79 Å². The van der Waals surface area contributed by atoms with Gasteiger partial charge in [0.1, 0.15) is 0 Å². The van der Waals surface area contributed by atoms with Gasteiger partial charge in [0.2, 0.25) is 5.91 Å². The monoisotopic (exact) mass is 227 g/mol. The number of imide groups is 1. The molecule has 1 aliphatic heterocycles. The third-order valence-electron chi connectivity index (χ3n) is 2.79. The van der Waals surface area contributed by atoms with E-state index in [4.69, 9.17) is 0 Å². The molecule has 92 valence electrons. The van der Waals surface area contributed by atoms with E-state index in [0.717, 1.165) is 13.1 Å². The lowest BCUT2D eigenvalue weighted by atomic mass is 9.92. The van der Waals surface area contributed by atoms with E-state index < -0.39 is 6.03 Å². The van der Waals surface area contributed by atoms with Gasteiger partial charge in [0.15, 0.2) is 0 Å². The van der Waals surface area contributed by atoms with Crippen LogP contribution in [0.1, 0.15) is 20.3 Å². The van der Waals surface area contributed by atoms with E-state index in [-0.39, 0.29) is 5.91 Å². The Morgan fingerprint density at radius 1 is 1.25 bits per heavy atom. The van der Waals surface area contributed by atoms with Gasteiger partial charge >= 0.3 is 6.03 Å². The first-order valence-corrected chi connectivity index (χ1v) is 5.75. The Hall–Kier alpha value is -1.10. The fraction of sp³-hybridized carbons (Fsp3) is 0.818. The van der Waals surface area contributed by atoms with Gasteiger partial charge in [0, 0.05) is 20.1 Å². The highest BCUT2D eigenvalue weighted by Crippen LogP contribution is 2.20. The zero-order valence-corrected chi connectivity index (χ0v) is 10.2. The van der Waals surface area contributed by atoms with Crippen molar-refractivity contribution < 1.29 is 9.59 Å². The minimum atomic E-state index is -0.442. The molecular formula is C11H21N3O2. The second-order valence-corrected chi connectivity index (χ2v) is 4.77. The fourth-order valence-electron chi connectivity index (χ4n) is 2.35. The first kappa shape index (κ1) is 13.0. The molecule has 0 aromatic heterocycles. The van der Waals surface area contributed by atoms with Crippen LogP contribution in [0.3, 0.4) is 0 Å². The molecule has 2 unspecified atom stereocenters. The molecule has 0 saturated carbocycles. The molecule has 0 spiro atoms. The summed E-state index contributed by atoms with van der Waals surface area (Å²) >= 11 is 0. The van der Waals surface area contributed by atoms with E-state index in [1.165, 1.54) is 13.5 Å². The first-order valence-electron chi connectivity index (χ1n) is 5.75. The predicted octanol–water partition coefficient (Wildman–Crippen LogP) is 0.420. The molecule has 2 atom stereocenters. The van der Waals surface area contributed by atoms with Crippen molar-refractivity contribution in [3.05, 3.63) is 0 Å². The Morgan fingerprint density at radius 3 is 2.31 bits per heavy atom. The number of hydrogen-bond acceptors (Lipinski definition) is 3. The minimum absolute atomic E-state index is 0.236. The molecule has 0 aromatic rings. The number of hydrogen-bond donors (Lipinski definition) is 2. The van der Waals surface area contributed by atoms with Crippen LogP contribution in [0.5, 0.6) is 0 Å². The normalized spacial score (nSPS) is 26.2. The Balaban J connectivity index is 2.35. The molecule has 5 heteroatoms. The Morgan fingerprint density at radius 2 is 1.81 bits per heavy atom. The molecule has 1 rings (SSSR count). The van der Waals surface area contributed by atoms with Gasteiger partial charge in [0.05, 0.1) is 6.54 Å². The van der Waals surface area contributed by atoms with E-state index >= 15 is 0 Å². The van der Waals surface area contributed by atoms with Gasteiger partial charge in [-0.2, -0.15) is 0 Å². The number of urea groups is 1. The first-order chi connectivity index (χ1) is 7.51. The van der Waals surface area contributed by atoms with Crippen molar-refractivity contribution in [2.24, 2.45) is 11.8 Å². The summed E-state index contributed by atoms with van der Waals surface area (Å²) in [6.45, 7) is 6.57. The summed E-state index contributed by atoms with van der Waals surface area (Å²) in [6.07, 6.45) is 1.22. The van der Waals surface area contributed by atoms with Crippen molar-refractivity contribution in [2.75, 3.05) is 26.7 Å². The second-order valence-electron chi connectivity index (χ2n) is 4.77. The molecule has 1 heterocycles. The molecule has 16 heavy (non-hydrogen) atoms. The van der Waals surface area contributed by atoms with Gasteiger partial charge in [-0.1, -0.05) is 13.8 Å². The van der Waals surface area contributed by atoms with E-state index in [2.05, 4.69) is 29.4 Å². The third kappa shape index (κ3) is 4.18.